The van der Waals surface area contributed by atoms with Crippen LogP contribution in [0.25, 0.3) is 0 Å². The number of carbonyl (C=O) groups is 1. The van der Waals surface area contributed by atoms with Gasteiger partial charge in [-0.05, 0) is 12.0 Å². The Balaban J connectivity index is 0.00000256. The van der Waals surface area contributed by atoms with E-state index >= 15 is 0 Å². The number of hydrogen-bond acceptors (Lipinski definition) is 1. The molecule has 0 atom stereocenters. The van der Waals surface area contributed by atoms with Gasteiger partial charge in [0.05, 0.1) is 0 Å². The van der Waals surface area contributed by atoms with Crippen LogP contribution in [-0.2, 0) is 11.2 Å². The Morgan fingerprint density at radius 3 is 2.29 bits per heavy atom. The normalized spacial score (nSPS) is 10.8. The molecule has 0 saturated heterocycles. The summed E-state index contributed by atoms with van der Waals surface area (Å²) in [5.41, 5.74) is -1.04. The van der Waals surface area contributed by atoms with Crippen LogP contribution in [-0.4, -0.2) is 18.1 Å². The first-order valence-corrected chi connectivity index (χ1v) is 4.51. The minimum atomic E-state index is -5.22. The van der Waals surface area contributed by atoms with Gasteiger partial charge >= 0.3 is 64.3 Å². The number of carboxylic acid groups (broad SMARTS) is 1. The number of aliphatic carboxylic acids is 1. The molecule has 0 heterocycles. The second kappa shape index (κ2) is 6.89. The maximum atomic E-state index is 13.1. The summed E-state index contributed by atoms with van der Waals surface area (Å²) < 4.78 is 49.8. The van der Waals surface area contributed by atoms with Crippen molar-refractivity contribution in [3.63, 3.8) is 0 Å². The van der Waals surface area contributed by atoms with Crippen LogP contribution in [0.3, 0.4) is 0 Å². The van der Waals surface area contributed by atoms with Crippen LogP contribution in [0.4, 0.5) is 17.3 Å². The Bertz CT molecular complexity index is 408. The summed E-state index contributed by atoms with van der Waals surface area (Å²) in [7, 11) is 0. The maximum Gasteiger partial charge on any atom is 1.00 e. The molecule has 0 aromatic heterocycles. The number of carboxylic acids is 1. The van der Waals surface area contributed by atoms with Gasteiger partial charge in [-0.25, -0.2) is 4.39 Å². The van der Waals surface area contributed by atoms with Gasteiger partial charge in [0, 0.05) is 6.42 Å². The van der Waals surface area contributed by atoms with E-state index in [1.165, 1.54) is 0 Å². The SMILES string of the molecule is O=C(O)CCc1ccc([B-](F)(F)F)cc1F.[K+]. The van der Waals surface area contributed by atoms with E-state index in [1.807, 2.05) is 0 Å². The Kier molecular flexibility index (Phi) is 6.93. The molecule has 2 nitrogen and oxygen atoms in total. The van der Waals surface area contributed by atoms with Crippen molar-refractivity contribution < 1.29 is 78.6 Å². The minimum Gasteiger partial charge on any atom is -0.481 e. The van der Waals surface area contributed by atoms with Crippen molar-refractivity contribution in [3.8, 4) is 0 Å². The van der Waals surface area contributed by atoms with Gasteiger partial charge in [-0.1, -0.05) is 18.2 Å². The van der Waals surface area contributed by atoms with Crippen LogP contribution in [0.15, 0.2) is 18.2 Å². The molecule has 0 fully saturated rings. The van der Waals surface area contributed by atoms with Crippen molar-refractivity contribution >= 4 is 18.4 Å². The molecule has 0 aliphatic carbocycles. The molecular formula is C9H8BF4KO2. The second-order valence-electron chi connectivity index (χ2n) is 3.32. The number of halogens is 4. The zero-order valence-corrected chi connectivity index (χ0v) is 12.2. The van der Waals surface area contributed by atoms with E-state index in [4.69, 9.17) is 5.11 Å². The van der Waals surface area contributed by atoms with Crippen molar-refractivity contribution in [2.45, 2.75) is 12.8 Å². The number of hydrogen-bond donors (Lipinski definition) is 1. The minimum absolute atomic E-state index is 0. The van der Waals surface area contributed by atoms with Gasteiger partial charge in [0.1, 0.15) is 5.82 Å². The van der Waals surface area contributed by atoms with Crippen LogP contribution in [0.1, 0.15) is 12.0 Å². The zero-order chi connectivity index (χ0) is 12.3. The van der Waals surface area contributed by atoms with Crippen molar-refractivity contribution in [3.05, 3.63) is 29.6 Å². The standard InChI is InChI=1S/C9H8BF4O2.K/c11-8-5-7(10(12,13)14)3-1-6(8)2-4-9(15)16;/h1,3,5H,2,4H2,(H,15,16);/q-1;+1. The summed E-state index contributed by atoms with van der Waals surface area (Å²) in [6.45, 7) is -5.22. The molecule has 1 N–H and O–H groups in total. The predicted molar refractivity (Wildman–Crippen MR) is 51.1 cm³/mol. The number of aryl methyl sites for hydroxylation is 1. The van der Waals surface area contributed by atoms with Crippen LogP contribution in [0.5, 0.6) is 0 Å². The summed E-state index contributed by atoms with van der Waals surface area (Å²) >= 11 is 0. The molecule has 88 valence electrons. The summed E-state index contributed by atoms with van der Waals surface area (Å²) in [5, 5.41) is 8.35. The van der Waals surface area contributed by atoms with Gasteiger partial charge < -0.3 is 18.1 Å². The molecule has 0 saturated carbocycles. The summed E-state index contributed by atoms with van der Waals surface area (Å²) in [5.74, 6) is -2.14. The van der Waals surface area contributed by atoms with Crippen LogP contribution in [0.2, 0.25) is 0 Å². The molecule has 0 bridgehead atoms. The average molecular weight is 274 g/mol. The van der Waals surface area contributed by atoms with Crippen LogP contribution < -0.4 is 56.8 Å². The molecule has 1 rings (SSSR count). The second-order valence-corrected chi connectivity index (χ2v) is 3.32. The summed E-state index contributed by atoms with van der Waals surface area (Å²) in [6.07, 6.45) is -0.431. The molecular weight excluding hydrogens is 266 g/mol. The fraction of sp³-hybridized carbons (Fsp3) is 0.222. The topological polar surface area (TPSA) is 37.3 Å². The van der Waals surface area contributed by atoms with E-state index in [1.54, 1.807) is 0 Å². The Morgan fingerprint density at radius 1 is 1.29 bits per heavy atom. The third kappa shape index (κ3) is 5.52. The largest absolute Gasteiger partial charge is 1.00 e. The van der Waals surface area contributed by atoms with Gasteiger partial charge in [0.2, 0.25) is 0 Å². The van der Waals surface area contributed by atoms with Crippen molar-refractivity contribution in [1.29, 1.82) is 0 Å². The van der Waals surface area contributed by atoms with E-state index in [-0.39, 0.29) is 69.8 Å². The molecule has 17 heavy (non-hydrogen) atoms. The maximum absolute atomic E-state index is 13.1. The Morgan fingerprint density at radius 2 is 1.88 bits per heavy atom. The fourth-order valence-electron chi connectivity index (χ4n) is 1.21. The molecule has 0 spiro atoms. The van der Waals surface area contributed by atoms with E-state index in [0.29, 0.717) is 6.07 Å². The van der Waals surface area contributed by atoms with E-state index in [0.717, 1.165) is 12.1 Å². The molecule has 1 aromatic carbocycles. The first-order valence-electron chi connectivity index (χ1n) is 4.51. The first kappa shape index (κ1) is 17.1. The van der Waals surface area contributed by atoms with Crippen LogP contribution >= 0.6 is 0 Å². The zero-order valence-electron chi connectivity index (χ0n) is 9.09. The fourth-order valence-corrected chi connectivity index (χ4v) is 1.21. The van der Waals surface area contributed by atoms with Crippen molar-refractivity contribution in [1.82, 2.24) is 0 Å². The molecule has 0 amide bonds. The molecule has 8 heteroatoms. The third-order valence-electron chi connectivity index (χ3n) is 2.06. The number of rotatable bonds is 4. The summed E-state index contributed by atoms with van der Waals surface area (Å²) in [4.78, 5) is 10.2. The van der Waals surface area contributed by atoms with Crippen molar-refractivity contribution in [2.75, 3.05) is 0 Å². The molecule has 0 radical (unpaired) electrons. The molecule has 0 unspecified atom stereocenters. The van der Waals surface area contributed by atoms with Gasteiger partial charge in [0.15, 0.2) is 0 Å². The molecule has 1 aromatic rings. The van der Waals surface area contributed by atoms with Gasteiger partial charge in [-0.15, -0.1) is 5.46 Å². The van der Waals surface area contributed by atoms with E-state index < -0.39 is 24.2 Å². The monoisotopic (exact) mass is 274 g/mol. The Hall–Kier alpha value is 0.111. The summed E-state index contributed by atoms with van der Waals surface area (Å²) in [6, 6.07) is 2.14. The first-order chi connectivity index (χ1) is 7.30. The predicted octanol–water partition coefficient (Wildman–Crippen LogP) is -1.10. The number of benzene rings is 1. The third-order valence-corrected chi connectivity index (χ3v) is 2.06. The smallest absolute Gasteiger partial charge is 0.481 e. The van der Waals surface area contributed by atoms with Crippen LogP contribution in [0, 0.1) is 5.82 Å². The Labute approximate surface area is 138 Å². The van der Waals surface area contributed by atoms with Gasteiger partial charge in [-0.3, -0.25) is 4.79 Å². The molecule has 0 aliphatic rings. The van der Waals surface area contributed by atoms with Gasteiger partial charge in [-0.2, -0.15) is 0 Å². The van der Waals surface area contributed by atoms with Gasteiger partial charge in [0.25, 0.3) is 0 Å². The average Bonchev–Trinajstić information content (AvgIpc) is 2.14. The van der Waals surface area contributed by atoms with E-state index in [9.17, 15) is 22.1 Å². The van der Waals surface area contributed by atoms with Crippen molar-refractivity contribution in [2.24, 2.45) is 0 Å². The molecule has 0 aliphatic heterocycles. The quantitative estimate of drug-likeness (QED) is 0.559. The van der Waals surface area contributed by atoms with E-state index in [2.05, 4.69) is 0 Å².